The predicted molar refractivity (Wildman–Crippen MR) is 103 cm³/mol. The van der Waals surface area contributed by atoms with Crippen LogP contribution in [0.25, 0.3) is 0 Å². The smallest absolute Gasteiger partial charge is 0.467 e. The summed E-state index contributed by atoms with van der Waals surface area (Å²) in [7, 11) is 2.47. The molecule has 0 saturated heterocycles. The van der Waals surface area contributed by atoms with Gasteiger partial charge in [0.15, 0.2) is 18.1 Å². The number of hydrogen-bond acceptors (Lipinski definition) is 10. The average molecular weight is 442 g/mol. The number of amides is 2. The van der Waals surface area contributed by atoms with Crippen LogP contribution in [0.4, 0.5) is 4.79 Å². The van der Waals surface area contributed by atoms with Gasteiger partial charge in [0.1, 0.15) is 24.7 Å². The summed E-state index contributed by atoms with van der Waals surface area (Å²) in [6.07, 6.45) is -0.00314. The highest BCUT2D eigenvalue weighted by Gasteiger charge is 2.33. The van der Waals surface area contributed by atoms with E-state index in [-0.39, 0.29) is 31.1 Å². The quantitative estimate of drug-likeness (QED) is 0.265. The van der Waals surface area contributed by atoms with Crippen molar-refractivity contribution in [3.8, 4) is 0 Å². The number of methoxy groups -OCH3 is 1. The van der Waals surface area contributed by atoms with Crippen molar-refractivity contribution in [1.82, 2.24) is 9.80 Å². The van der Waals surface area contributed by atoms with Crippen LogP contribution in [0.3, 0.4) is 0 Å². The van der Waals surface area contributed by atoms with Crippen LogP contribution in [-0.4, -0.2) is 73.1 Å². The van der Waals surface area contributed by atoms with E-state index < -0.39 is 41.8 Å². The van der Waals surface area contributed by atoms with Crippen molar-refractivity contribution in [2.45, 2.75) is 45.9 Å². The van der Waals surface area contributed by atoms with Crippen LogP contribution in [-0.2, 0) is 35.3 Å². The molecule has 0 bridgehead atoms. The highest BCUT2D eigenvalue weighted by molar-refractivity contribution is 5.89. The van der Waals surface area contributed by atoms with Crippen LogP contribution in [0.2, 0.25) is 0 Å². The third-order valence-electron chi connectivity index (χ3n) is 4.73. The average Bonchev–Trinajstić information content (AvgIpc) is 3.09. The molecule has 0 aromatic carbocycles. The Hall–Kier alpha value is -3.44. The Morgan fingerprint density at radius 3 is 2.19 bits per heavy atom. The van der Waals surface area contributed by atoms with E-state index in [1.165, 1.54) is 27.8 Å². The van der Waals surface area contributed by atoms with Gasteiger partial charge in [0.25, 0.3) is 0 Å². The molecule has 1 aromatic rings. The second kappa shape index (κ2) is 11.7. The summed E-state index contributed by atoms with van der Waals surface area (Å²) in [5, 5.41) is 0. The first-order valence-corrected chi connectivity index (χ1v) is 9.35. The van der Waals surface area contributed by atoms with Crippen LogP contribution in [0.1, 0.15) is 31.8 Å². The second-order valence-electron chi connectivity index (χ2n) is 6.73. The Morgan fingerprint density at radius 1 is 1.10 bits per heavy atom. The zero-order valence-corrected chi connectivity index (χ0v) is 18.0. The lowest BCUT2D eigenvalue weighted by Crippen LogP contribution is -2.53. The standard InChI is InChI=1S/C19H26N2O10/c1-11(20(4)18(26)29-10-15-13(3)30-19(27)31-15)16(24)21(12(2)17(25)28-5)7-6-14(8-22)9-23/h8-9,11-12,14H,6-7,10H2,1-5H3. The lowest BCUT2D eigenvalue weighted by Gasteiger charge is -2.33. The number of aryl methyl sites for hydroxylation is 1. The molecular formula is C19H26N2O10. The lowest BCUT2D eigenvalue weighted by molar-refractivity contribution is -0.153. The first kappa shape index (κ1) is 25.6. The molecule has 0 aliphatic heterocycles. The minimum atomic E-state index is -1.07. The van der Waals surface area contributed by atoms with E-state index in [0.717, 1.165) is 16.9 Å². The summed E-state index contributed by atoms with van der Waals surface area (Å²) in [6, 6.07) is -2.09. The number of carbonyl (C=O) groups excluding carboxylic acids is 5. The largest absolute Gasteiger partial charge is 0.519 e. The normalized spacial score (nSPS) is 12.6. The van der Waals surface area contributed by atoms with Gasteiger partial charge in [-0.15, -0.1) is 0 Å². The number of ether oxygens (including phenoxy) is 2. The molecule has 1 aromatic heterocycles. The highest BCUT2D eigenvalue weighted by Crippen LogP contribution is 2.13. The summed E-state index contributed by atoms with van der Waals surface area (Å²) < 4.78 is 19.1. The third kappa shape index (κ3) is 6.79. The Balaban J connectivity index is 2.89. The van der Waals surface area contributed by atoms with E-state index in [0.29, 0.717) is 12.6 Å². The molecular weight excluding hydrogens is 416 g/mol. The van der Waals surface area contributed by atoms with Crippen LogP contribution in [0.15, 0.2) is 13.6 Å². The fourth-order valence-electron chi connectivity index (χ4n) is 2.55. The van der Waals surface area contributed by atoms with Crippen molar-refractivity contribution in [3.63, 3.8) is 0 Å². The monoisotopic (exact) mass is 442 g/mol. The summed E-state index contributed by atoms with van der Waals surface area (Å²) in [5.41, 5.74) is 0. The van der Waals surface area contributed by atoms with Gasteiger partial charge in [-0.3, -0.25) is 9.69 Å². The van der Waals surface area contributed by atoms with Gasteiger partial charge in [-0.05, 0) is 27.2 Å². The highest BCUT2D eigenvalue weighted by atomic mass is 16.6. The molecule has 12 heteroatoms. The molecule has 0 N–H and O–H groups in total. The van der Waals surface area contributed by atoms with Gasteiger partial charge in [-0.2, -0.15) is 0 Å². The number of likely N-dealkylation sites (N-methyl/N-ethyl adjacent to an activating group) is 1. The minimum absolute atomic E-state index is 0.000244. The summed E-state index contributed by atoms with van der Waals surface area (Å²) in [5.74, 6) is -3.02. The van der Waals surface area contributed by atoms with Crippen molar-refractivity contribution >= 4 is 30.5 Å². The van der Waals surface area contributed by atoms with Crippen LogP contribution < -0.4 is 5.82 Å². The summed E-state index contributed by atoms with van der Waals surface area (Å²) in [6.45, 7) is 3.83. The molecule has 0 aliphatic carbocycles. The first-order chi connectivity index (χ1) is 14.6. The number of nitrogens with zero attached hydrogens (tertiary/aromatic N) is 2. The molecule has 2 atom stereocenters. The first-order valence-electron chi connectivity index (χ1n) is 9.35. The fourth-order valence-corrected chi connectivity index (χ4v) is 2.55. The molecule has 1 heterocycles. The van der Waals surface area contributed by atoms with Crippen molar-refractivity contribution < 1.29 is 42.3 Å². The van der Waals surface area contributed by atoms with E-state index in [1.807, 2.05) is 0 Å². The van der Waals surface area contributed by atoms with Crippen molar-refractivity contribution in [2.24, 2.45) is 5.92 Å². The molecule has 0 aliphatic rings. The van der Waals surface area contributed by atoms with Crippen molar-refractivity contribution in [1.29, 1.82) is 0 Å². The molecule has 31 heavy (non-hydrogen) atoms. The Labute approximate surface area is 178 Å². The lowest BCUT2D eigenvalue weighted by atomic mass is 10.1. The molecule has 2 unspecified atom stereocenters. The van der Waals surface area contributed by atoms with E-state index in [4.69, 9.17) is 9.15 Å². The van der Waals surface area contributed by atoms with Gasteiger partial charge in [0.2, 0.25) is 5.91 Å². The third-order valence-corrected chi connectivity index (χ3v) is 4.73. The van der Waals surface area contributed by atoms with Crippen LogP contribution in [0.5, 0.6) is 0 Å². The molecule has 0 fully saturated rings. The SMILES string of the molecule is COC(=O)C(C)N(CCC(C=O)C=O)C(=O)C(C)N(C)C(=O)OCc1oc(=O)oc1C. The Bertz CT molecular complexity index is 850. The van der Waals surface area contributed by atoms with Crippen LogP contribution >= 0.6 is 0 Å². The molecule has 12 nitrogen and oxygen atoms in total. The second-order valence-corrected chi connectivity index (χ2v) is 6.73. The number of carbonyl (C=O) groups is 5. The van der Waals surface area contributed by atoms with E-state index in [2.05, 4.69) is 9.15 Å². The van der Waals surface area contributed by atoms with Crippen molar-refractivity contribution in [3.05, 3.63) is 22.1 Å². The van der Waals surface area contributed by atoms with Gasteiger partial charge in [-0.25, -0.2) is 14.4 Å². The van der Waals surface area contributed by atoms with Gasteiger partial charge in [0, 0.05) is 13.6 Å². The maximum atomic E-state index is 13.0. The molecule has 1 rings (SSSR count). The topological polar surface area (TPSA) is 154 Å². The zero-order chi connectivity index (χ0) is 23.7. The Morgan fingerprint density at radius 2 is 1.71 bits per heavy atom. The maximum Gasteiger partial charge on any atom is 0.519 e. The minimum Gasteiger partial charge on any atom is -0.467 e. The molecule has 0 radical (unpaired) electrons. The van der Waals surface area contributed by atoms with Crippen LogP contribution in [0, 0.1) is 12.8 Å². The number of rotatable bonds is 11. The number of hydrogen-bond donors (Lipinski definition) is 0. The van der Waals surface area contributed by atoms with E-state index >= 15 is 0 Å². The van der Waals surface area contributed by atoms with Gasteiger partial charge < -0.3 is 32.8 Å². The molecule has 2 amide bonds. The fraction of sp³-hybridized carbons (Fsp3) is 0.579. The summed E-state index contributed by atoms with van der Waals surface area (Å²) in [4.78, 5) is 72.2. The van der Waals surface area contributed by atoms with E-state index in [9.17, 15) is 28.8 Å². The molecule has 0 spiro atoms. The van der Waals surface area contributed by atoms with Gasteiger partial charge in [0.05, 0.1) is 13.0 Å². The van der Waals surface area contributed by atoms with Gasteiger partial charge >= 0.3 is 17.9 Å². The maximum absolute atomic E-state index is 13.0. The molecule has 172 valence electrons. The number of esters is 1. The predicted octanol–water partition coefficient (Wildman–Crippen LogP) is 0.292. The summed E-state index contributed by atoms with van der Waals surface area (Å²) >= 11 is 0. The Kier molecular flexibility index (Phi) is 9.64. The zero-order valence-electron chi connectivity index (χ0n) is 18.0. The van der Waals surface area contributed by atoms with E-state index in [1.54, 1.807) is 0 Å². The molecule has 0 saturated carbocycles. The van der Waals surface area contributed by atoms with Gasteiger partial charge in [-0.1, -0.05) is 0 Å². The number of aldehydes is 2. The van der Waals surface area contributed by atoms with Crippen molar-refractivity contribution in [2.75, 3.05) is 20.7 Å².